The van der Waals surface area contributed by atoms with Crippen molar-refractivity contribution in [2.45, 2.75) is 50.6 Å². The van der Waals surface area contributed by atoms with Crippen LogP contribution in [0.25, 0.3) is 0 Å². The van der Waals surface area contributed by atoms with Crippen LogP contribution in [0.15, 0.2) is 9.57 Å². The van der Waals surface area contributed by atoms with Crippen molar-refractivity contribution in [1.82, 2.24) is 30.4 Å². The molecule has 2 aromatic rings. The maximum atomic E-state index is 5.44. The Balaban J connectivity index is 2.04. The van der Waals surface area contributed by atoms with E-state index in [0.29, 0.717) is 17.5 Å². The van der Waals surface area contributed by atoms with Crippen LogP contribution in [0, 0.1) is 0 Å². The molecule has 0 aliphatic rings. The molecule has 0 saturated heterocycles. The summed E-state index contributed by atoms with van der Waals surface area (Å²) in [5.74, 6) is 1.82. The van der Waals surface area contributed by atoms with Crippen LogP contribution in [0.1, 0.15) is 39.5 Å². The molecule has 2 heterocycles. The lowest BCUT2D eigenvalue weighted by Crippen LogP contribution is -2.24. The smallest absolute Gasteiger partial charge is 0.226 e. The molecule has 0 saturated carbocycles. The molecule has 2 aromatic heterocycles. The second-order valence-corrected chi connectivity index (χ2v) is 5.72. The lowest BCUT2D eigenvalue weighted by atomic mass is 10.1. The SMILES string of the molecule is CCc1nnc(CSc2nnnn2C(C)(C)C)o1. The van der Waals surface area contributed by atoms with Gasteiger partial charge < -0.3 is 4.42 Å². The van der Waals surface area contributed by atoms with Gasteiger partial charge in [0, 0.05) is 6.42 Å². The van der Waals surface area contributed by atoms with Crippen LogP contribution in [0.5, 0.6) is 0 Å². The summed E-state index contributed by atoms with van der Waals surface area (Å²) in [6.45, 7) is 8.13. The van der Waals surface area contributed by atoms with Crippen molar-refractivity contribution in [2.75, 3.05) is 0 Å². The molecular formula is C10H16N6OS. The fraction of sp³-hybridized carbons (Fsp3) is 0.700. The van der Waals surface area contributed by atoms with Crippen LogP contribution in [-0.2, 0) is 17.7 Å². The Morgan fingerprint density at radius 3 is 2.50 bits per heavy atom. The highest BCUT2D eigenvalue weighted by atomic mass is 32.2. The van der Waals surface area contributed by atoms with E-state index in [1.54, 1.807) is 4.68 Å². The number of hydrogen-bond acceptors (Lipinski definition) is 7. The Kier molecular flexibility index (Phi) is 3.65. The number of rotatable bonds is 4. The molecule has 8 heteroatoms. The Morgan fingerprint density at radius 2 is 1.89 bits per heavy atom. The molecule has 0 aromatic carbocycles. The van der Waals surface area contributed by atoms with Crippen molar-refractivity contribution in [3.8, 4) is 0 Å². The van der Waals surface area contributed by atoms with E-state index in [1.807, 2.05) is 6.92 Å². The van der Waals surface area contributed by atoms with Crippen molar-refractivity contribution in [3.63, 3.8) is 0 Å². The largest absolute Gasteiger partial charge is 0.424 e. The third-order valence-corrected chi connectivity index (χ3v) is 3.12. The van der Waals surface area contributed by atoms with E-state index in [9.17, 15) is 0 Å². The van der Waals surface area contributed by atoms with E-state index in [4.69, 9.17) is 4.42 Å². The molecule has 7 nitrogen and oxygen atoms in total. The van der Waals surface area contributed by atoms with Gasteiger partial charge in [-0.3, -0.25) is 0 Å². The summed E-state index contributed by atoms with van der Waals surface area (Å²) in [6, 6.07) is 0. The molecule has 2 rings (SSSR count). The summed E-state index contributed by atoms with van der Waals surface area (Å²) < 4.78 is 7.22. The number of nitrogens with zero attached hydrogens (tertiary/aromatic N) is 6. The molecule has 98 valence electrons. The van der Waals surface area contributed by atoms with E-state index in [1.165, 1.54) is 11.8 Å². The maximum absolute atomic E-state index is 5.44. The first-order chi connectivity index (χ1) is 8.50. The Morgan fingerprint density at radius 1 is 1.17 bits per heavy atom. The number of tetrazole rings is 1. The molecule has 0 fully saturated rings. The van der Waals surface area contributed by atoms with Crippen molar-refractivity contribution in [1.29, 1.82) is 0 Å². The number of aryl methyl sites for hydroxylation is 1. The molecule has 0 unspecified atom stereocenters. The van der Waals surface area contributed by atoms with Gasteiger partial charge in [0.1, 0.15) is 0 Å². The molecular weight excluding hydrogens is 252 g/mol. The third-order valence-electron chi connectivity index (χ3n) is 2.21. The highest BCUT2D eigenvalue weighted by Crippen LogP contribution is 2.24. The molecule has 18 heavy (non-hydrogen) atoms. The van der Waals surface area contributed by atoms with E-state index in [2.05, 4.69) is 46.5 Å². The standard InChI is InChI=1S/C10H16N6OS/c1-5-7-11-12-8(17-7)6-18-9-13-14-15-16(9)10(2,3)4/h5-6H2,1-4H3. The second kappa shape index (κ2) is 5.05. The topological polar surface area (TPSA) is 82.5 Å². The predicted octanol–water partition coefficient (Wildman–Crippen LogP) is 1.67. The van der Waals surface area contributed by atoms with Crippen molar-refractivity contribution in [3.05, 3.63) is 11.8 Å². The van der Waals surface area contributed by atoms with E-state index in [-0.39, 0.29) is 5.54 Å². The summed E-state index contributed by atoms with van der Waals surface area (Å²) in [6.07, 6.45) is 0.747. The van der Waals surface area contributed by atoms with Crippen LogP contribution in [-0.4, -0.2) is 30.4 Å². The highest BCUT2D eigenvalue weighted by molar-refractivity contribution is 7.98. The average molecular weight is 268 g/mol. The minimum absolute atomic E-state index is 0.144. The van der Waals surface area contributed by atoms with Gasteiger partial charge >= 0.3 is 0 Å². The molecule has 0 radical (unpaired) electrons. The zero-order valence-corrected chi connectivity index (χ0v) is 11.7. The molecule has 0 bridgehead atoms. The van der Waals surface area contributed by atoms with Crippen LogP contribution in [0.4, 0.5) is 0 Å². The molecule has 0 spiro atoms. The predicted molar refractivity (Wildman–Crippen MR) is 66.1 cm³/mol. The quantitative estimate of drug-likeness (QED) is 0.780. The molecule has 0 aliphatic heterocycles. The molecule has 0 aliphatic carbocycles. The molecule has 0 amide bonds. The summed E-state index contributed by atoms with van der Waals surface area (Å²) in [7, 11) is 0. The van der Waals surface area contributed by atoms with Gasteiger partial charge in [-0.2, -0.15) is 0 Å². The van der Waals surface area contributed by atoms with Gasteiger partial charge in [-0.05, 0) is 31.2 Å². The molecule has 0 atom stereocenters. The van der Waals surface area contributed by atoms with E-state index >= 15 is 0 Å². The van der Waals surface area contributed by atoms with Gasteiger partial charge in [0.2, 0.25) is 16.9 Å². The zero-order valence-electron chi connectivity index (χ0n) is 10.9. The van der Waals surface area contributed by atoms with Gasteiger partial charge in [0.05, 0.1) is 11.3 Å². The number of hydrogen-bond donors (Lipinski definition) is 0. The van der Waals surface area contributed by atoms with E-state index in [0.717, 1.165) is 11.6 Å². The van der Waals surface area contributed by atoms with E-state index < -0.39 is 0 Å². The lowest BCUT2D eigenvalue weighted by molar-refractivity contribution is 0.321. The average Bonchev–Trinajstić information content (AvgIpc) is 2.94. The number of thioether (sulfide) groups is 1. The first kappa shape index (κ1) is 13.0. The third kappa shape index (κ3) is 2.87. The Hall–Kier alpha value is -1.44. The monoisotopic (exact) mass is 268 g/mol. The van der Waals surface area contributed by atoms with Crippen LogP contribution < -0.4 is 0 Å². The van der Waals surface area contributed by atoms with Crippen LogP contribution in [0.2, 0.25) is 0 Å². The fourth-order valence-electron chi connectivity index (χ4n) is 1.31. The van der Waals surface area contributed by atoms with Gasteiger partial charge in [0.25, 0.3) is 0 Å². The molecule has 0 N–H and O–H groups in total. The maximum Gasteiger partial charge on any atom is 0.226 e. The zero-order chi connectivity index (χ0) is 13.2. The lowest BCUT2D eigenvalue weighted by Gasteiger charge is -2.19. The van der Waals surface area contributed by atoms with Gasteiger partial charge in [0.15, 0.2) is 0 Å². The second-order valence-electron chi connectivity index (χ2n) is 4.78. The normalized spacial score (nSPS) is 12.0. The Labute approximate surface area is 109 Å². The number of aromatic nitrogens is 6. The summed E-state index contributed by atoms with van der Waals surface area (Å²) in [4.78, 5) is 0. The summed E-state index contributed by atoms with van der Waals surface area (Å²) >= 11 is 1.49. The Bertz CT molecular complexity index is 514. The van der Waals surface area contributed by atoms with Crippen LogP contribution >= 0.6 is 11.8 Å². The highest BCUT2D eigenvalue weighted by Gasteiger charge is 2.20. The van der Waals surface area contributed by atoms with Gasteiger partial charge in [-0.25, -0.2) is 4.68 Å². The summed E-state index contributed by atoms with van der Waals surface area (Å²) in [5, 5.41) is 20.3. The van der Waals surface area contributed by atoms with Crippen molar-refractivity contribution < 1.29 is 4.42 Å². The minimum Gasteiger partial charge on any atom is -0.424 e. The first-order valence-corrected chi connectivity index (χ1v) is 6.72. The van der Waals surface area contributed by atoms with Gasteiger partial charge in [-0.1, -0.05) is 18.7 Å². The summed E-state index contributed by atoms with van der Waals surface area (Å²) in [5.41, 5.74) is -0.144. The first-order valence-electron chi connectivity index (χ1n) is 5.73. The minimum atomic E-state index is -0.144. The van der Waals surface area contributed by atoms with Crippen molar-refractivity contribution >= 4 is 11.8 Å². The van der Waals surface area contributed by atoms with Gasteiger partial charge in [-0.15, -0.1) is 15.3 Å². The van der Waals surface area contributed by atoms with Crippen molar-refractivity contribution in [2.24, 2.45) is 0 Å². The fourth-order valence-corrected chi connectivity index (χ4v) is 2.20. The van der Waals surface area contributed by atoms with Crippen LogP contribution in [0.3, 0.4) is 0 Å².